The molecule has 0 aliphatic carbocycles. The van der Waals surface area contributed by atoms with Crippen LogP contribution in [0.15, 0.2) is 45.6 Å². The number of fused-ring (bicyclic) bond motifs is 1. The number of hydrogen-bond donors (Lipinski definition) is 3. The number of aromatic hydroxyl groups is 1. The summed E-state index contributed by atoms with van der Waals surface area (Å²) in [5.41, 5.74) is 0.453. The van der Waals surface area contributed by atoms with Gasteiger partial charge in [0, 0.05) is 55.9 Å². The molecule has 0 bridgehead atoms. The average Bonchev–Trinajstić information content (AvgIpc) is 2.83. The Labute approximate surface area is 213 Å². The molecule has 2 atom stereocenters. The van der Waals surface area contributed by atoms with Crippen LogP contribution in [0.4, 0.5) is 4.79 Å². The molecule has 2 heterocycles. The van der Waals surface area contributed by atoms with Gasteiger partial charge in [-0.2, -0.15) is 0 Å². The maximum Gasteiger partial charge on any atom is 0.415 e. The van der Waals surface area contributed by atoms with Crippen LogP contribution in [-0.2, 0) is 0 Å². The number of nitrogens with zero attached hydrogens (tertiary/aromatic N) is 2. The number of amides is 1. The van der Waals surface area contributed by atoms with Gasteiger partial charge in [0.2, 0.25) is 0 Å². The number of nitrogens with one attached hydrogen (secondary N) is 1. The predicted molar refractivity (Wildman–Crippen MR) is 138 cm³/mol. The first-order valence-corrected chi connectivity index (χ1v) is 12.1. The molecule has 1 saturated heterocycles. The lowest BCUT2D eigenvalue weighted by atomic mass is 9.85. The second-order valence-corrected chi connectivity index (χ2v) is 9.49. The lowest BCUT2D eigenvalue weighted by Gasteiger charge is -2.34. The summed E-state index contributed by atoms with van der Waals surface area (Å²) in [4.78, 5) is 29.4. The predicted octanol–water partition coefficient (Wildman–Crippen LogP) is 3.25. The lowest BCUT2D eigenvalue weighted by molar-refractivity contribution is 0.0628. The molecule has 1 fully saturated rings. The first-order valence-electron chi connectivity index (χ1n) is 11.7. The summed E-state index contributed by atoms with van der Waals surface area (Å²) < 4.78 is 11.9. The summed E-state index contributed by atoms with van der Waals surface area (Å²) in [6, 6.07) is 9.45. The maximum atomic E-state index is 13.2. The zero-order valence-electron chi connectivity index (χ0n) is 20.5. The van der Waals surface area contributed by atoms with Crippen LogP contribution in [0.25, 0.3) is 22.3 Å². The van der Waals surface area contributed by atoms with E-state index in [1.165, 1.54) is 17.0 Å². The van der Waals surface area contributed by atoms with Gasteiger partial charge in [0.05, 0.1) is 11.1 Å². The van der Waals surface area contributed by atoms with E-state index in [0.29, 0.717) is 48.7 Å². The van der Waals surface area contributed by atoms with Gasteiger partial charge >= 0.3 is 6.09 Å². The van der Waals surface area contributed by atoms with Crippen LogP contribution in [0.3, 0.4) is 0 Å². The first kappa shape index (κ1) is 26.0. The number of carbonyl (C=O) groups is 1. The van der Waals surface area contributed by atoms with Crippen molar-refractivity contribution in [2.24, 2.45) is 0 Å². The monoisotopic (exact) mass is 515 g/mol. The van der Waals surface area contributed by atoms with Crippen LogP contribution in [0, 0.1) is 0 Å². The highest BCUT2D eigenvalue weighted by molar-refractivity contribution is 6.33. The van der Waals surface area contributed by atoms with E-state index in [1.807, 2.05) is 11.9 Å². The highest BCUT2D eigenvalue weighted by atomic mass is 35.5. The van der Waals surface area contributed by atoms with Crippen LogP contribution in [0.5, 0.6) is 11.5 Å². The maximum absolute atomic E-state index is 13.2. The molecule has 1 aliphatic heterocycles. The number of hydrogen-bond acceptors (Lipinski definition) is 8. The number of likely N-dealkylation sites (N-methyl/N-ethyl adjacent to an activating group) is 3. The van der Waals surface area contributed by atoms with Gasteiger partial charge in [-0.3, -0.25) is 4.79 Å². The Balaban J connectivity index is 1.93. The molecular formula is C26H30ClN3O6. The van der Waals surface area contributed by atoms with Crippen molar-refractivity contribution >= 4 is 28.7 Å². The Morgan fingerprint density at radius 1 is 1.33 bits per heavy atom. The number of piperidine rings is 1. The SMILES string of the molecule is CNCCN(C)C(=O)Oc1cc(O)c2c(=O)cc(-c3ccccc3Cl)oc2c1[C@H]1CCN(C)C[C@H]1O. The largest absolute Gasteiger partial charge is 0.507 e. The Hall–Kier alpha value is -3.11. The third-order valence-corrected chi connectivity index (χ3v) is 6.81. The molecule has 0 unspecified atom stereocenters. The highest BCUT2D eigenvalue weighted by Gasteiger charge is 2.34. The van der Waals surface area contributed by atoms with E-state index in [2.05, 4.69) is 5.32 Å². The minimum absolute atomic E-state index is 0.0365. The number of halogens is 1. The fourth-order valence-electron chi connectivity index (χ4n) is 4.51. The number of phenols is 1. The van der Waals surface area contributed by atoms with Gasteiger partial charge in [-0.25, -0.2) is 4.79 Å². The number of aliphatic hydroxyl groups is 1. The van der Waals surface area contributed by atoms with E-state index in [0.717, 1.165) is 0 Å². The van der Waals surface area contributed by atoms with Gasteiger partial charge in [0.1, 0.15) is 28.2 Å². The molecule has 0 spiro atoms. The van der Waals surface area contributed by atoms with Crippen molar-refractivity contribution in [2.75, 3.05) is 47.3 Å². The van der Waals surface area contributed by atoms with E-state index in [9.17, 15) is 19.8 Å². The van der Waals surface area contributed by atoms with E-state index in [-0.39, 0.29) is 28.2 Å². The quantitative estimate of drug-likeness (QED) is 0.458. The molecule has 2 aromatic carbocycles. The number of aliphatic hydroxyl groups excluding tert-OH is 1. The molecule has 10 heteroatoms. The van der Waals surface area contributed by atoms with Crippen LogP contribution >= 0.6 is 11.6 Å². The van der Waals surface area contributed by atoms with Crippen molar-refractivity contribution in [1.29, 1.82) is 0 Å². The van der Waals surface area contributed by atoms with Crippen LogP contribution in [0.1, 0.15) is 17.9 Å². The minimum atomic E-state index is -0.815. The molecule has 1 aromatic heterocycles. The average molecular weight is 516 g/mol. The molecule has 4 rings (SSSR count). The standard InChI is InChI=1S/C26H30ClN3O6/c1-28-9-11-30(3)26(34)36-22-13-19(32)24-18(31)12-21(15-6-4-5-7-17(15)27)35-25(24)23(22)16-8-10-29(2)14-20(16)33/h4-7,12-13,16,20,28,32-33H,8-11,14H2,1-3H3/t16-,20+/m0/s1. The van der Waals surface area contributed by atoms with Crippen LogP contribution < -0.4 is 15.5 Å². The summed E-state index contributed by atoms with van der Waals surface area (Å²) >= 11 is 6.36. The summed E-state index contributed by atoms with van der Waals surface area (Å²) in [5, 5.41) is 25.1. The molecule has 192 valence electrons. The summed E-state index contributed by atoms with van der Waals surface area (Å²) in [5.74, 6) is -0.638. The van der Waals surface area contributed by atoms with E-state index >= 15 is 0 Å². The second-order valence-electron chi connectivity index (χ2n) is 9.08. The topological polar surface area (TPSA) is 115 Å². The van der Waals surface area contributed by atoms with Crippen molar-refractivity contribution in [1.82, 2.24) is 15.1 Å². The highest BCUT2D eigenvalue weighted by Crippen LogP contribution is 2.43. The van der Waals surface area contributed by atoms with Gasteiger partial charge in [0.15, 0.2) is 5.43 Å². The fraction of sp³-hybridized carbons (Fsp3) is 0.385. The number of ether oxygens (including phenoxy) is 1. The van der Waals surface area contributed by atoms with Gasteiger partial charge < -0.3 is 34.5 Å². The fourth-order valence-corrected chi connectivity index (χ4v) is 4.74. The zero-order chi connectivity index (χ0) is 26.0. The van der Waals surface area contributed by atoms with Gasteiger partial charge in [-0.1, -0.05) is 23.7 Å². The number of phenolic OH excluding ortho intramolecular Hbond substituents is 1. The number of carbonyl (C=O) groups excluding carboxylic acids is 1. The smallest absolute Gasteiger partial charge is 0.415 e. The summed E-state index contributed by atoms with van der Waals surface area (Å²) in [6.45, 7) is 2.02. The molecule has 36 heavy (non-hydrogen) atoms. The minimum Gasteiger partial charge on any atom is -0.507 e. The Kier molecular flexibility index (Phi) is 7.85. The van der Waals surface area contributed by atoms with Crippen molar-refractivity contribution in [3.63, 3.8) is 0 Å². The molecule has 9 nitrogen and oxygen atoms in total. The van der Waals surface area contributed by atoms with Crippen molar-refractivity contribution in [3.05, 3.63) is 57.2 Å². The third-order valence-electron chi connectivity index (χ3n) is 6.48. The number of rotatable bonds is 6. The lowest BCUT2D eigenvalue weighted by Crippen LogP contribution is -2.41. The molecule has 1 aliphatic rings. The second kappa shape index (κ2) is 10.9. The van der Waals surface area contributed by atoms with Crippen LogP contribution in [-0.4, -0.2) is 79.5 Å². The molecule has 3 aromatic rings. The number of β-amino-alcohol motifs (C(OH)–C–C–N with tert-alkyl or cyclic N) is 1. The summed E-state index contributed by atoms with van der Waals surface area (Å²) in [7, 11) is 5.28. The molecular weight excluding hydrogens is 486 g/mol. The van der Waals surface area contributed by atoms with Gasteiger partial charge in [-0.05, 0) is 39.2 Å². The third kappa shape index (κ3) is 5.19. The van der Waals surface area contributed by atoms with Crippen LogP contribution in [0.2, 0.25) is 5.02 Å². The van der Waals surface area contributed by atoms with Gasteiger partial charge in [0.25, 0.3) is 0 Å². The molecule has 0 radical (unpaired) electrons. The number of likely N-dealkylation sites (tertiary alicyclic amines) is 1. The summed E-state index contributed by atoms with van der Waals surface area (Å²) in [6.07, 6.45) is -0.930. The molecule has 3 N–H and O–H groups in total. The van der Waals surface area contributed by atoms with E-state index < -0.39 is 23.5 Å². The first-order chi connectivity index (χ1) is 17.2. The zero-order valence-corrected chi connectivity index (χ0v) is 21.2. The molecule has 1 amide bonds. The Morgan fingerprint density at radius 3 is 2.78 bits per heavy atom. The van der Waals surface area contributed by atoms with E-state index in [1.54, 1.807) is 38.4 Å². The Bertz CT molecular complexity index is 1330. The normalized spacial score (nSPS) is 18.4. The van der Waals surface area contributed by atoms with Gasteiger partial charge in [-0.15, -0.1) is 0 Å². The van der Waals surface area contributed by atoms with E-state index in [4.69, 9.17) is 20.8 Å². The number of benzene rings is 2. The Morgan fingerprint density at radius 2 is 2.08 bits per heavy atom. The van der Waals surface area contributed by atoms with Crippen molar-refractivity contribution in [3.8, 4) is 22.8 Å². The van der Waals surface area contributed by atoms with Crippen molar-refractivity contribution in [2.45, 2.75) is 18.4 Å². The van der Waals surface area contributed by atoms with Crippen molar-refractivity contribution < 1.29 is 24.2 Å². The molecule has 0 saturated carbocycles.